The normalized spacial score (nSPS) is 23.9. The van der Waals surface area contributed by atoms with Crippen molar-refractivity contribution in [1.82, 2.24) is 4.90 Å². The van der Waals surface area contributed by atoms with E-state index in [0.717, 1.165) is 31.8 Å². The first-order chi connectivity index (χ1) is 6.38. The van der Waals surface area contributed by atoms with E-state index in [-0.39, 0.29) is 0 Å². The van der Waals surface area contributed by atoms with Crippen LogP contribution in [-0.4, -0.2) is 31.2 Å². The van der Waals surface area contributed by atoms with Gasteiger partial charge < -0.3 is 9.15 Å². The lowest BCUT2D eigenvalue weighted by Gasteiger charge is -2.13. The number of hydrogen-bond donors (Lipinski definition) is 0. The van der Waals surface area contributed by atoms with Crippen LogP contribution in [0.25, 0.3) is 0 Å². The second-order valence-electron chi connectivity index (χ2n) is 3.46. The third-order valence-electron chi connectivity index (χ3n) is 2.52. The van der Waals surface area contributed by atoms with Gasteiger partial charge in [-0.2, -0.15) is 0 Å². The molecule has 2 rings (SSSR count). The highest BCUT2D eigenvalue weighted by molar-refractivity contribution is 4.98. The highest BCUT2D eigenvalue weighted by Crippen LogP contribution is 2.15. The molecule has 1 aliphatic rings. The molecule has 3 heteroatoms. The second-order valence-corrected chi connectivity index (χ2v) is 3.46. The van der Waals surface area contributed by atoms with E-state index in [2.05, 4.69) is 4.90 Å². The first-order valence-corrected chi connectivity index (χ1v) is 4.66. The molecular weight excluding hydrogens is 166 g/mol. The number of hydrogen-bond acceptors (Lipinski definition) is 3. The monoisotopic (exact) mass is 181 g/mol. The molecule has 1 unspecified atom stereocenters. The molecule has 0 saturated carbocycles. The zero-order valence-electron chi connectivity index (χ0n) is 7.90. The Morgan fingerprint density at radius 3 is 3.23 bits per heavy atom. The van der Waals surface area contributed by atoms with Crippen molar-refractivity contribution < 1.29 is 9.15 Å². The summed E-state index contributed by atoms with van der Waals surface area (Å²) in [5.74, 6) is 1.04. The predicted octanol–water partition coefficient (Wildman–Crippen LogP) is 1.50. The van der Waals surface area contributed by atoms with Gasteiger partial charge in [0, 0.05) is 20.2 Å². The van der Waals surface area contributed by atoms with Crippen molar-refractivity contribution in [2.45, 2.75) is 19.1 Å². The van der Waals surface area contributed by atoms with Crippen molar-refractivity contribution in [3.05, 3.63) is 24.2 Å². The van der Waals surface area contributed by atoms with E-state index in [9.17, 15) is 0 Å². The fraction of sp³-hybridized carbons (Fsp3) is 0.600. The molecule has 1 atom stereocenters. The van der Waals surface area contributed by atoms with E-state index in [0.29, 0.717) is 6.10 Å². The molecule has 0 aliphatic carbocycles. The van der Waals surface area contributed by atoms with Crippen LogP contribution in [0.4, 0.5) is 0 Å². The summed E-state index contributed by atoms with van der Waals surface area (Å²) in [5.41, 5.74) is 0. The van der Waals surface area contributed by atoms with Crippen molar-refractivity contribution in [3.8, 4) is 0 Å². The molecule has 1 aromatic heterocycles. The summed E-state index contributed by atoms with van der Waals surface area (Å²) < 4.78 is 10.6. The van der Waals surface area contributed by atoms with Crippen LogP contribution in [0.5, 0.6) is 0 Å². The molecule has 0 amide bonds. The molecule has 0 spiro atoms. The van der Waals surface area contributed by atoms with Crippen LogP contribution in [0.3, 0.4) is 0 Å². The minimum atomic E-state index is 0.412. The number of likely N-dealkylation sites (tertiary alicyclic amines) is 1. The Kier molecular flexibility index (Phi) is 2.66. The van der Waals surface area contributed by atoms with Crippen LogP contribution in [-0.2, 0) is 11.3 Å². The third-order valence-corrected chi connectivity index (χ3v) is 2.52. The number of nitrogens with zero attached hydrogens (tertiary/aromatic N) is 1. The molecule has 72 valence electrons. The Hall–Kier alpha value is -0.800. The van der Waals surface area contributed by atoms with E-state index in [4.69, 9.17) is 9.15 Å². The van der Waals surface area contributed by atoms with Crippen molar-refractivity contribution in [2.24, 2.45) is 0 Å². The Morgan fingerprint density at radius 1 is 1.69 bits per heavy atom. The highest BCUT2D eigenvalue weighted by atomic mass is 16.5. The molecule has 0 N–H and O–H groups in total. The summed E-state index contributed by atoms with van der Waals surface area (Å²) in [6, 6.07) is 3.94. The number of furan rings is 1. The van der Waals surface area contributed by atoms with Crippen molar-refractivity contribution in [3.63, 3.8) is 0 Å². The highest BCUT2D eigenvalue weighted by Gasteiger charge is 2.22. The molecule has 0 bridgehead atoms. The van der Waals surface area contributed by atoms with E-state index in [1.54, 1.807) is 13.4 Å². The first-order valence-electron chi connectivity index (χ1n) is 4.66. The lowest BCUT2D eigenvalue weighted by atomic mass is 10.3. The van der Waals surface area contributed by atoms with Gasteiger partial charge in [-0.15, -0.1) is 0 Å². The molecule has 3 nitrogen and oxygen atoms in total. The van der Waals surface area contributed by atoms with Crippen molar-refractivity contribution in [2.75, 3.05) is 20.2 Å². The lowest BCUT2D eigenvalue weighted by molar-refractivity contribution is 0.106. The molecule has 0 aromatic carbocycles. The summed E-state index contributed by atoms with van der Waals surface area (Å²) in [4.78, 5) is 2.35. The number of ether oxygens (including phenoxy) is 1. The second kappa shape index (κ2) is 3.94. The molecule has 1 saturated heterocycles. The predicted molar refractivity (Wildman–Crippen MR) is 49.4 cm³/mol. The molecule has 1 fully saturated rings. The summed E-state index contributed by atoms with van der Waals surface area (Å²) in [6.45, 7) is 3.04. The fourth-order valence-electron chi connectivity index (χ4n) is 1.76. The zero-order valence-corrected chi connectivity index (χ0v) is 7.90. The van der Waals surface area contributed by atoms with Gasteiger partial charge in [0.25, 0.3) is 0 Å². The summed E-state index contributed by atoms with van der Waals surface area (Å²) >= 11 is 0. The van der Waals surface area contributed by atoms with Crippen LogP contribution < -0.4 is 0 Å². The third kappa shape index (κ3) is 2.11. The SMILES string of the molecule is COC1CCN(Cc2ccco2)C1. The number of methoxy groups -OCH3 is 1. The smallest absolute Gasteiger partial charge is 0.117 e. The maximum atomic E-state index is 5.29. The van der Waals surface area contributed by atoms with Crippen LogP contribution >= 0.6 is 0 Å². The topological polar surface area (TPSA) is 25.6 Å². The van der Waals surface area contributed by atoms with Gasteiger partial charge in [-0.3, -0.25) is 4.90 Å². The maximum Gasteiger partial charge on any atom is 0.117 e. The first kappa shape index (κ1) is 8.78. The standard InChI is InChI=1S/C10H15NO2/c1-12-9-4-5-11(7-9)8-10-3-2-6-13-10/h2-3,6,9H,4-5,7-8H2,1H3. The molecule has 1 aromatic rings. The van der Waals surface area contributed by atoms with Gasteiger partial charge in [-0.1, -0.05) is 0 Å². The minimum absolute atomic E-state index is 0.412. The Labute approximate surface area is 78.3 Å². The van der Waals surface area contributed by atoms with E-state index >= 15 is 0 Å². The molecule has 13 heavy (non-hydrogen) atoms. The van der Waals surface area contributed by atoms with Crippen LogP contribution in [0.2, 0.25) is 0 Å². The quantitative estimate of drug-likeness (QED) is 0.706. The number of rotatable bonds is 3. The largest absolute Gasteiger partial charge is 0.468 e. The summed E-state index contributed by atoms with van der Waals surface area (Å²) in [5, 5.41) is 0. The molecule has 0 radical (unpaired) electrons. The molecule has 1 aliphatic heterocycles. The van der Waals surface area contributed by atoms with E-state index in [1.165, 1.54) is 0 Å². The zero-order chi connectivity index (χ0) is 9.10. The van der Waals surface area contributed by atoms with Gasteiger partial charge in [-0.05, 0) is 18.6 Å². The average Bonchev–Trinajstić information content (AvgIpc) is 2.76. The van der Waals surface area contributed by atoms with E-state index in [1.807, 2.05) is 12.1 Å². The van der Waals surface area contributed by atoms with Gasteiger partial charge >= 0.3 is 0 Å². The van der Waals surface area contributed by atoms with Crippen LogP contribution in [0.1, 0.15) is 12.2 Å². The van der Waals surface area contributed by atoms with Crippen LogP contribution in [0, 0.1) is 0 Å². The summed E-state index contributed by atoms with van der Waals surface area (Å²) in [6.07, 6.45) is 3.27. The fourth-order valence-corrected chi connectivity index (χ4v) is 1.76. The van der Waals surface area contributed by atoms with E-state index < -0.39 is 0 Å². The van der Waals surface area contributed by atoms with Gasteiger partial charge in [0.05, 0.1) is 18.9 Å². The van der Waals surface area contributed by atoms with Gasteiger partial charge in [-0.25, -0.2) is 0 Å². The maximum absolute atomic E-state index is 5.29. The van der Waals surface area contributed by atoms with Crippen molar-refractivity contribution in [1.29, 1.82) is 0 Å². The van der Waals surface area contributed by atoms with Crippen molar-refractivity contribution >= 4 is 0 Å². The van der Waals surface area contributed by atoms with Gasteiger partial charge in [0.2, 0.25) is 0 Å². The Bertz CT molecular complexity index is 245. The summed E-state index contributed by atoms with van der Waals surface area (Å²) in [7, 11) is 1.78. The average molecular weight is 181 g/mol. The molecular formula is C10H15NO2. The van der Waals surface area contributed by atoms with Crippen LogP contribution in [0.15, 0.2) is 22.8 Å². The van der Waals surface area contributed by atoms with Gasteiger partial charge in [0.15, 0.2) is 0 Å². The lowest BCUT2D eigenvalue weighted by Crippen LogP contribution is -2.22. The van der Waals surface area contributed by atoms with Gasteiger partial charge in [0.1, 0.15) is 5.76 Å². The molecule has 2 heterocycles. The Morgan fingerprint density at radius 2 is 2.62 bits per heavy atom. The Balaban J connectivity index is 1.84. The minimum Gasteiger partial charge on any atom is -0.468 e.